The van der Waals surface area contributed by atoms with Crippen LogP contribution in [0.3, 0.4) is 0 Å². The lowest BCUT2D eigenvalue weighted by Gasteiger charge is -2.15. The van der Waals surface area contributed by atoms with Crippen LogP contribution in [-0.4, -0.2) is 0 Å². The molecule has 106 valence electrons. The molecule has 0 aliphatic rings. The molecule has 1 unspecified atom stereocenters. The van der Waals surface area contributed by atoms with Crippen LogP contribution < -0.4 is 5.73 Å². The Morgan fingerprint density at radius 1 is 1.10 bits per heavy atom. The molecule has 0 aliphatic carbocycles. The predicted octanol–water partition coefficient (Wildman–Crippen LogP) is 4.83. The third kappa shape index (κ3) is 3.68. The van der Waals surface area contributed by atoms with E-state index in [-0.39, 0.29) is 11.9 Å². The zero-order valence-electron chi connectivity index (χ0n) is 11.7. The summed E-state index contributed by atoms with van der Waals surface area (Å²) in [6, 6.07) is 12.7. The molecular weight excluding hydrogens is 317 g/mol. The normalized spacial score (nSPS) is 12.7. The molecular formula is C17H19BrFN. The quantitative estimate of drug-likeness (QED) is 0.850. The minimum absolute atomic E-state index is 0.252. The summed E-state index contributed by atoms with van der Waals surface area (Å²) in [4.78, 5) is 0. The van der Waals surface area contributed by atoms with Gasteiger partial charge < -0.3 is 5.73 Å². The molecule has 0 radical (unpaired) electrons. The molecule has 0 fully saturated rings. The van der Waals surface area contributed by atoms with Crippen molar-refractivity contribution < 1.29 is 4.39 Å². The summed E-state index contributed by atoms with van der Waals surface area (Å²) in [6.45, 7) is 4.41. The van der Waals surface area contributed by atoms with E-state index in [9.17, 15) is 4.39 Å². The summed E-state index contributed by atoms with van der Waals surface area (Å²) < 4.78 is 13.8. The molecule has 1 nitrogen and oxygen atoms in total. The summed E-state index contributed by atoms with van der Waals surface area (Å²) in [5.41, 5.74) is 9.50. The van der Waals surface area contributed by atoms with Crippen LogP contribution in [0, 0.1) is 11.7 Å². The molecule has 0 heterocycles. The maximum Gasteiger partial charge on any atom is 0.124 e. The summed E-state index contributed by atoms with van der Waals surface area (Å²) >= 11 is 3.37. The summed E-state index contributed by atoms with van der Waals surface area (Å²) in [7, 11) is 0. The van der Waals surface area contributed by atoms with E-state index in [1.165, 1.54) is 17.7 Å². The fourth-order valence-electron chi connectivity index (χ4n) is 2.27. The Morgan fingerprint density at radius 2 is 1.75 bits per heavy atom. The van der Waals surface area contributed by atoms with Crippen LogP contribution in [0.1, 0.15) is 36.6 Å². The average molecular weight is 336 g/mol. The first-order valence-electron chi connectivity index (χ1n) is 6.76. The van der Waals surface area contributed by atoms with Crippen LogP contribution in [0.25, 0.3) is 0 Å². The monoisotopic (exact) mass is 335 g/mol. The maximum absolute atomic E-state index is 13.1. The summed E-state index contributed by atoms with van der Waals surface area (Å²) in [6.07, 6.45) is 1.07. The van der Waals surface area contributed by atoms with Gasteiger partial charge in [0.2, 0.25) is 0 Å². The van der Waals surface area contributed by atoms with Crippen molar-refractivity contribution in [2.75, 3.05) is 0 Å². The molecule has 0 saturated heterocycles. The molecule has 2 rings (SSSR count). The Labute approximate surface area is 128 Å². The summed E-state index contributed by atoms with van der Waals surface area (Å²) in [5.74, 6) is 0.376. The molecule has 2 aromatic rings. The molecule has 0 aliphatic heterocycles. The second kappa shape index (κ2) is 6.51. The third-order valence-electron chi connectivity index (χ3n) is 3.28. The highest BCUT2D eigenvalue weighted by Crippen LogP contribution is 2.27. The average Bonchev–Trinajstić information content (AvgIpc) is 2.38. The van der Waals surface area contributed by atoms with Crippen molar-refractivity contribution in [3.63, 3.8) is 0 Å². The van der Waals surface area contributed by atoms with Gasteiger partial charge in [-0.2, -0.15) is 0 Å². The molecule has 20 heavy (non-hydrogen) atoms. The SMILES string of the molecule is CC(C)Cc1ccc(C(N)c2ccc(F)cc2Br)cc1. The highest BCUT2D eigenvalue weighted by atomic mass is 79.9. The predicted molar refractivity (Wildman–Crippen MR) is 85.1 cm³/mol. The number of halogens is 2. The molecule has 1 atom stereocenters. The molecule has 0 saturated carbocycles. The Kier molecular flexibility index (Phi) is 4.95. The van der Waals surface area contributed by atoms with Gasteiger partial charge in [0.25, 0.3) is 0 Å². The van der Waals surface area contributed by atoms with E-state index in [0.717, 1.165) is 17.5 Å². The van der Waals surface area contributed by atoms with E-state index < -0.39 is 0 Å². The lowest BCUT2D eigenvalue weighted by atomic mass is 9.96. The minimum atomic E-state index is -0.264. The first-order valence-corrected chi connectivity index (χ1v) is 7.56. The van der Waals surface area contributed by atoms with Crippen molar-refractivity contribution in [2.45, 2.75) is 26.3 Å². The maximum atomic E-state index is 13.1. The van der Waals surface area contributed by atoms with Crippen molar-refractivity contribution in [1.82, 2.24) is 0 Å². The Morgan fingerprint density at radius 3 is 2.30 bits per heavy atom. The van der Waals surface area contributed by atoms with Crippen molar-refractivity contribution in [3.8, 4) is 0 Å². The fourth-order valence-corrected chi connectivity index (χ4v) is 2.86. The van der Waals surface area contributed by atoms with Crippen LogP contribution in [-0.2, 0) is 6.42 Å². The molecule has 2 aromatic carbocycles. The van der Waals surface area contributed by atoms with Gasteiger partial charge in [-0.05, 0) is 41.2 Å². The molecule has 0 bridgehead atoms. The van der Waals surface area contributed by atoms with Gasteiger partial charge in [-0.15, -0.1) is 0 Å². The van der Waals surface area contributed by atoms with E-state index in [2.05, 4.69) is 54.0 Å². The molecule has 0 amide bonds. The van der Waals surface area contributed by atoms with Crippen LogP contribution in [0.15, 0.2) is 46.9 Å². The van der Waals surface area contributed by atoms with Gasteiger partial charge in [0.15, 0.2) is 0 Å². The van der Waals surface area contributed by atoms with Crippen LogP contribution in [0.2, 0.25) is 0 Å². The number of rotatable bonds is 4. The van der Waals surface area contributed by atoms with E-state index in [0.29, 0.717) is 10.4 Å². The van der Waals surface area contributed by atoms with Gasteiger partial charge in [-0.25, -0.2) is 4.39 Å². The number of hydrogen-bond acceptors (Lipinski definition) is 1. The van der Waals surface area contributed by atoms with Gasteiger partial charge in [0.1, 0.15) is 5.82 Å². The molecule has 3 heteroatoms. The Bertz CT molecular complexity index is 578. The van der Waals surface area contributed by atoms with Gasteiger partial charge in [-0.1, -0.05) is 60.1 Å². The number of benzene rings is 2. The zero-order chi connectivity index (χ0) is 14.7. The lowest BCUT2D eigenvalue weighted by molar-refractivity contribution is 0.625. The number of hydrogen-bond donors (Lipinski definition) is 1. The van der Waals surface area contributed by atoms with Gasteiger partial charge in [0.05, 0.1) is 6.04 Å². The lowest BCUT2D eigenvalue weighted by Crippen LogP contribution is -2.12. The van der Waals surface area contributed by atoms with Gasteiger partial charge in [0, 0.05) is 4.47 Å². The van der Waals surface area contributed by atoms with Crippen LogP contribution in [0.4, 0.5) is 4.39 Å². The minimum Gasteiger partial charge on any atom is -0.320 e. The smallest absolute Gasteiger partial charge is 0.124 e. The highest BCUT2D eigenvalue weighted by molar-refractivity contribution is 9.10. The third-order valence-corrected chi connectivity index (χ3v) is 3.97. The molecule has 2 N–H and O–H groups in total. The van der Waals surface area contributed by atoms with Crippen molar-refractivity contribution in [1.29, 1.82) is 0 Å². The highest BCUT2D eigenvalue weighted by Gasteiger charge is 2.13. The summed E-state index contributed by atoms with van der Waals surface area (Å²) in [5, 5.41) is 0. The standard InChI is InChI=1S/C17H19BrFN/c1-11(2)9-12-3-5-13(6-4-12)17(20)15-8-7-14(19)10-16(15)18/h3-8,10-11,17H,9,20H2,1-2H3. The van der Waals surface area contributed by atoms with E-state index in [1.807, 2.05) is 0 Å². The van der Waals surface area contributed by atoms with Gasteiger partial charge in [-0.3, -0.25) is 0 Å². The first kappa shape index (κ1) is 15.2. The first-order chi connectivity index (χ1) is 9.47. The zero-order valence-corrected chi connectivity index (χ0v) is 13.3. The van der Waals surface area contributed by atoms with Crippen molar-refractivity contribution in [3.05, 3.63) is 69.4 Å². The van der Waals surface area contributed by atoms with Gasteiger partial charge >= 0.3 is 0 Å². The van der Waals surface area contributed by atoms with E-state index in [1.54, 1.807) is 6.07 Å². The van der Waals surface area contributed by atoms with Crippen molar-refractivity contribution in [2.24, 2.45) is 11.7 Å². The Hall–Kier alpha value is -1.19. The second-order valence-electron chi connectivity index (χ2n) is 5.48. The topological polar surface area (TPSA) is 26.0 Å². The molecule has 0 spiro atoms. The largest absolute Gasteiger partial charge is 0.320 e. The van der Waals surface area contributed by atoms with E-state index >= 15 is 0 Å². The fraction of sp³-hybridized carbons (Fsp3) is 0.294. The second-order valence-corrected chi connectivity index (χ2v) is 6.34. The van der Waals surface area contributed by atoms with E-state index in [4.69, 9.17) is 5.73 Å². The van der Waals surface area contributed by atoms with Crippen LogP contribution >= 0.6 is 15.9 Å². The Balaban J connectivity index is 2.22. The molecule has 0 aromatic heterocycles. The van der Waals surface area contributed by atoms with Crippen LogP contribution in [0.5, 0.6) is 0 Å². The number of nitrogens with two attached hydrogens (primary N) is 1. The van der Waals surface area contributed by atoms with Crippen molar-refractivity contribution >= 4 is 15.9 Å².